The molecule has 100 valence electrons. The summed E-state index contributed by atoms with van der Waals surface area (Å²) < 4.78 is 0. The van der Waals surface area contributed by atoms with Crippen LogP contribution in [-0.4, -0.2) is 22.6 Å². The summed E-state index contributed by atoms with van der Waals surface area (Å²) in [5.41, 5.74) is 2.96. The Morgan fingerprint density at radius 1 is 1.30 bits per heavy atom. The van der Waals surface area contributed by atoms with Gasteiger partial charge < -0.3 is 10.4 Å². The van der Waals surface area contributed by atoms with Gasteiger partial charge in [-0.1, -0.05) is 11.8 Å². The molecule has 1 amide bonds. The zero-order valence-electron chi connectivity index (χ0n) is 11.1. The molecule has 1 aromatic carbocycles. The van der Waals surface area contributed by atoms with E-state index in [9.17, 15) is 4.79 Å². The van der Waals surface area contributed by atoms with Crippen molar-refractivity contribution >= 4 is 11.6 Å². The number of benzene rings is 1. The minimum absolute atomic E-state index is 0.188. The van der Waals surface area contributed by atoms with Crippen LogP contribution in [0.25, 0.3) is 0 Å². The third kappa shape index (κ3) is 3.67. The molecule has 0 spiro atoms. The van der Waals surface area contributed by atoms with Crippen molar-refractivity contribution in [2.45, 2.75) is 6.92 Å². The Bertz CT molecular complexity index is 670. The van der Waals surface area contributed by atoms with Crippen molar-refractivity contribution in [3.05, 3.63) is 59.4 Å². The third-order valence-electron chi connectivity index (χ3n) is 2.59. The van der Waals surface area contributed by atoms with Gasteiger partial charge in [0.2, 0.25) is 0 Å². The van der Waals surface area contributed by atoms with E-state index in [4.69, 9.17) is 5.11 Å². The van der Waals surface area contributed by atoms with Crippen LogP contribution in [0.15, 0.2) is 42.7 Å². The third-order valence-corrected chi connectivity index (χ3v) is 2.59. The van der Waals surface area contributed by atoms with Crippen LogP contribution < -0.4 is 5.32 Å². The van der Waals surface area contributed by atoms with Crippen LogP contribution in [-0.2, 0) is 0 Å². The normalized spacial score (nSPS) is 9.50. The van der Waals surface area contributed by atoms with Gasteiger partial charge in [0.05, 0.1) is 0 Å². The van der Waals surface area contributed by atoms with Gasteiger partial charge in [-0.25, -0.2) is 0 Å². The lowest BCUT2D eigenvalue weighted by molar-refractivity contribution is 0.102. The first kappa shape index (κ1) is 13.8. The summed E-state index contributed by atoms with van der Waals surface area (Å²) >= 11 is 0. The fourth-order valence-corrected chi connectivity index (χ4v) is 1.78. The summed E-state index contributed by atoms with van der Waals surface area (Å²) in [5, 5.41) is 11.5. The van der Waals surface area contributed by atoms with Gasteiger partial charge in [0.25, 0.3) is 5.91 Å². The molecule has 2 N–H and O–H groups in total. The summed E-state index contributed by atoms with van der Waals surface area (Å²) in [6.45, 7) is 1.73. The van der Waals surface area contributed by atoms with E-state index in [-0.39, 0.29) is 12.5 Å². The number of aliphatic hydroxyl groups is 1. The lowest BCUT2D eigenvalue weighted by Crippen LogP contribution is -2.12. The molecule has 0 saturated heterocycles. The second-order valence-corrected chi connectivity index (χ2v) is 4.24. The Labute approximate surface area is 117 Å². The molecular formula is C16H14N2O2. The number of aryl methyl sites for hydroxylation is 1. The van der Waals surface area contributed by atoms with E-state index in [0.29, 0.717) is 11.3 Å². The molecule has 0 aliphatic carbocycles. The Morgan fingerprint density at radius 2 is 2.05 bits per heavy atom. The maximum atomic E-state index is 12.0. The number of pyridine rings is 1. The summed E-state index contributed by atoms with van der Waals surface area (Å²) in [5.74, 6) is 5.22. The first-order valence-corrected chi connectivity index (χ1v) is 6.12. The first-order valence-electron chi connectivity index (χ1n) is 6.12. The van der Waals surface area contributed by atoms with E-state index >= 15 is 0 Å². The summed E-state index contributed by atoms with van der Waals surface area (Å²) in [7, 11) is 0. The topological polar surface area (TPSA) is 62.2 Å². The smallest absolute Gasteiger partial charge is 0.255 e. The predicted octanol–water partition coefficient (Wildman–Crippen LogP) is 1.99. The number of amides is 1. The quantitative estimate of drug-likeness (QED) is 0.817. The zero-order chi connectivity index (χ0) is 14.4. The molecule has 0 aliphatic heterocycles. The number of hydrogen-bond donors (Lipinski definition) is 2. The van der Waals surface area contributed by atoms with Crippen LogP contribution in [0.5, 0.6) is 0 Å². The fraction of sp³-hybridized carbons (Fsp3) is 0.125. The average Bonchev–Trinajstić information content (AvgIpc) is 2.45. The highest BCUT2D eigenvalue weighted by molar-refractivity contribution is 6.04. The Hall–Kier alpha value is -2.64. The van der Waals surface area contributed by atoms with Gasteiger partial charge in [-0.2, -0.15) is 0 Å². The van der Waals surface area contributed by atoms with E-state index in [1.54, 1.807) is 30.6 Å². The maximum absolute atomic E-state index is 12.0. The van der Waals surface area contributed by atoms with Gasteiger partial charge in [0.15, 0.2) is 0 Å². The summed E-state index contributed by atoms with van der Waals surface area (Å²) in [6.07, 6.45) is 3.15. The Balaban J connectivity index is 2.21. The van der Waals surface area contributed by atoms with E-state index in [1.165, 1.54) is 0 Å². The number of anilines is 1. The zero-order valence-corrected chi connectivity index (χ0v) is 11.1. The number of aliphatic hydroxyl groups excluding tert-OH is 1. The van der Waals surface area contributed by atoms with Gasteiger partial charge in [-0.3, -0.25) is 9.78 Å². The summed E-state index contributed by atoms with van der Waals surface area (Å²) in [6, 6.07) is 8.83. The number of nitrogens with one attached hydrogen (secondary N) is 1. The number of nitrogens with zero attached hydrogens (tertiary/aromatic N) is 1. The van der Waals surface area contributed by atoms with E-state index < -0.39 is 0 Å². The van der Waals surface area contributed by atoms with Crippen molar-refractivity contribution in [2.75, 3.05) is 11.9 Å². The Morgan fingerprint density at radius 3 is 2.75 bits per heavy atom. The minimum Gasteiger partial charge on any atom is -0.384 e. The van der Waals surface area contributed by atoms with Gasteiger partial charge in [-0.05, 0) is 42.8 Å². The van der Waals surface area contributed by atoms with Crippen molar-refractivity contribution in [3.8, 4) is 11.8 Å². The second kappa shape index (κ2) is 6.50. The molecule has 4 nitrogen and oxygen atoms in total. The molecular weight excluding hydrogens is 252 g/mol. The number of hydrogen-bond acceptors (Lipinski definition) is 3. The standard InChI is InChI=1S/C16H14N2O2/c1-12-9-13(3-2-8-19)11-15(10-12)18-16(20)14-4-6-17-7-5-14/h4-7,9-11,19H,8H2,1H3,(H,18,20). The van der Waals surface area contributed by atoms with E-state index in [2.05, 4.69) is 22.1 Å². The van der Waals surface area contributed by atoms with Crippen LogP contribution in [0, 0.1) is 18.8 Å². The van der Waals surface area contributed by atoms with Crippen molar-refractivity contribution < 1.29 is 9.90 Å². The highest BCUT2D eigenvalue weighted by Gasteiger charge is 2.06. The molecule has 1 heterocycles. The van der Waals surface area contributed by atoms with Gasteiger partial charge in [0, 0.05) is 29.2 Å². The van der Waals surface area contributed by atoms with Crippen LogP contribution in [0.3, 0.4) is 0 Å². The monoisotopic (exact) mass is 266 g/mol. The van der Waals surface area contributed by atoms with E-state index in [1.807, 2.05) is 19.1 Å². The molecule has 0 radical (unpaired) electrons. The molecule has 2 rings (SSSR count). The molecule has 0 unspecified atom stereocenters. The number of carbonyl (C=O) groups excluding carboxylic acids is 1. The van der Waals surface area contributed by atoms with Crippen molar-refractivity contribution in [2.24, 2.45) is 0 Å². The number of aromatic nitrogens is 1. The van der Waals surface area contributed by atoms with Crippen LogP contribution in [0.1, 0.15) is 21.5 Å². The first-order chi connectivity index (χ1) is 9.69. The molecule has 20 heavy (non-hydrogen) atoms. The lowest BCUT2D eigenvalue weighted by Gasteiger charge is -2.07. The molecule has 0 saturated carbocycles. The lowest BCUT2D eigenvalue weighted by atomic mass is 10.1. The van der Waals surface area contributed by atoms with Crippen molar-refractivity contribution in [1.82, 2.24) is 4.98 Å². The molecule has 0 aliphatic rings. The molecule has 0 atom stereocenters. The van der Waals surface area contributed by atoms with Crippen LogP contribution >= 0.6 is 0 Å². The van der Waals surface area contributed by atoms with Crippen molar-refractivity contribution in [3.63, 3.8) is 0 Å². The van der Waals surface area contributed by atoms with Gasteiger partial charge >= 0.3 is 0 Å². The van der Waals surface area contributed by atoms with Gasteiger partial charge in [0.1, 0.15) is 6.61 Å². The fourth-order valence-electron chi connectivity index (χ4n) is 1.78. The SMILES string of the molecule is Cc1cc(C#CCO)cc(NC(=O)c2ccncc2)c1. The highest BCUT2D eigenvalue weighted by Crippen LogP contribution is 2.15. The second-order valence-electron chi connectivity index (χ2n) is 4.24. The molecule has 2 aromatic rings. The van der Waals surface area contributed by atoms with Crippen LogP contribution in [0.2, 0.25) is 0 Å². The predicted molar refractivity (Wildman–Crippen MR) is 77.3 cm³/mol. The highest BCUT2D eigenvalue weighted by atomic mass is 16.2. The maximum Gasteiger partial charge on any atom is 0.255 e. The largest absolute Gasteiger partial charge is 0.384 e. The molecule has 0 bridgehead atoms. The molecule has 4 heteroatoms. The molecule has 0 fully saturated rings. The van der Waals surface area contributed by atoms with Crippen molar-refractivity contribution in [1.29, 1.82) is 0 Å². The summed E-state index contributed by atoms with van der Waals surface area (Å²) in [4.78, 5) is 15.9. The van der Waals surface area contributed by atoms with Gasteiger partial charge in [-0.15, -0.1) is 0 Å². The van der Waals surface area contributed by atoms with Crippen LogP contribution in [0.4, 0.5) is 5.69 Å². The average molecular weight is 266 g/mol. The minimum atomic E-state index is -0.195. The number of carbonyl (C=O) groups is 1. The Kier molecular flexibility index (Phi) is 4.48. The molecule has 1 aromatic heterocycles. The number of rotatable bonds is 2. The van der Waals surface area contributed by atoms with E-state index in [0.717, 1.165) is 11.1 Å².